The van der Waals surface area contributed by atoms with Crippen LogP contribution in [0.15, 0.2) is 78.9 Å². The Kier molecular flexibility index (Phi) is 6.73. The minimum atomic E-state index is 0.659. The van der Waals surface area contributed by atoms with Crippen LogP contribution in [0, 0.1) is 25.2 Å². The van der Waals surface area contributed by atoms with Gasteiger partial charge in [0, 0.05) is 25.1 Å². The summed E-state index contributed by atoms with van der Waals surface area (Å²) in [6.07, 6.45) is 2.96. The first kappa shape index (κ1) is 23.6. The van der Waals surface area contributed by atoms with Gasteiger partial charge in [-0.1, -0.05) is 85.6 Å². The maximum atomic E-state index is 10.3. The van der Waals surface area contributed by atoms with E-state index < -0.39 is 0 Å². The molecule has 0 aliphatic heterocycles. The second kappa shape index (κ2) is 10.3. The van der Waals surface area contributed by atoms with Gasteiger partial charge in [-0.3, -0.25) is 4.40 Å². The van der Waals surface area contributed by atoms with E-state index in [4.69, 9.17) is 4.98 Å². The van der Waals surface area contributed by atoms with Crippen LogP contribution < -0.4 is 4.90 Å². The Bertz CT molecular complexity index is 1540. The van der Waals surface area contributed by atoms with Gasteiger partial charge in [-0.05, 0) is 49.1 Å². The van der Waals surface area contributed by atoms with E-state index in [2.05, 4.69) is 103 Å². The Morgan fingerprint density at radius 1 is 0.889 bits per heavy atom. The molecule has 5 rings (SSSR count). The zero-order chi connectivity index (χ0) is 25.1. The highest BCUT2D eigenvalue weighted by atomic mass is 15.2. The minimum Gasteiger partial charge on any atom is -0.353 e. The number of rotatable bonds is 8. The summed E-state index contributed by atoms with van der Waals surface area (Å²) in [5.74, 6) is 1.15. The number of para-hydroxylation sites is 2. The van der Waals surface area contributed by atoms with Crippen LogP contribution in [0.2, 0.25) is 0 Å². The maximum Gasteiger partial charge on any atom is 0.157 e. The van der Waals surface area contributed by atoms with Crippen molar-refractivity contribution in [3.63, 3.8) is 0 Å². The predicted octanol–water partition coefficient (Wildman–Crippen LogP) is 7.37. The fraction of sp³-hybridized carbons (Fsp3) is 0.250. The number of pyridine rings is 1. The number of imidazole rings is 1. The van der Waals surface area contributed by atoms with E-state index in [9.17, 15) is 5.26 Å². The molecule has 0 saturated heterocycles. The van der Waals surface area contributed by atoms with Gasteiger partial charge >= 0.3 is 0 Å². The molecule has 0 radical (unpaired) electrons. The summed E-state index contributed by atoms with van der Waals surface area (Å²) >= 11 is 0. The Hall–Kier alpha value is -4.10. The second-order valence-electron chi connectivity index (χ2n) is 9.60. The van der Waals surface area contributed by atoms with Gasteiger partial charge in [0.05, 0.1) is 16.6 Å². The number of nitriles is 1. The van der Waals surface area contributed by atoms with Crippen molar-refractivity contribution < 1.29 is 0 Å². The summed E-state index contributed by atoms with van der Waals surface area (Å²) in [6, 6.07) is 30.1. The fourth-order valence-electron chi connectivity index (χ4n) is 5.03. The summed E-state index contributed by atoms with van der Waals surface area (Å²) < 4.78 is 2.24. The normalized spacial score (nSPS) is 11.2. The monoisotopic (exact) mass is 472 g/mol. The maximum absolute atomic E-state index is 10.3. The molecule has 0 spiro atoms. The van der Waals surface area contributed by atoms with Gasteiger partial charge in [0.1, 0.15) is 11.9 Å². The minimum absolute atomic E-state index is 0.659. The smallest absolute Gasteiger partial charge is 0.157 e. The first-order chi connectivity index (χ1) is 17.6. The molecule has 0 N–H and O–H groups in total. The Morgan fingerprint density at radius 3 is 2.33 bits per heavy atom. The van der Waals surface area contributed by atoms with E-state index in [1.807, 2.05) is 12.1 Å². The zero-order valence-electron chi connectivity index (χ0n) is 21.3. The molecule has 2 aromatic heterocycles. The summed E-state index contributed by atoms with van der Waals surface area (Å²) in [4.78, 5) is 7.45. The lowest BCUT2D eigenvalue weighted by atomic mass is 9.96. The van der Waals surface area contributed by atoms with Crippen molar-refractivity contribution >= 4 is 22.5 Å². The number of aryl methyl sites for hydroxylation is 1. The van der Waals surface area contributed by atoms with Crippen LogP contribution in [0.25, 0.3) is 16.7 Å². The molecule has 0 bridgehead atoms. The number of aromatic nitrogens is 2. The van der Waals surface area contributed by atoms with Crippen molar-refractivity contribution in [3.8, 4) is 6.07 Å². The quantitative estimate of drug-likeness (QED) is 0.237. The Morgan fingerprint density at radius 2 is 1.61 bits per heavy atom. The number of nitrogens with zero attached hydrogens (tertiary/aromatic N) is 4. The lowest BCUT2D eigenvalue weighted by Crippen LogP contribution is -2.28. The molecule has 0 unspecified atom stereocenters. The molecular weight excluding hydrogens is 440 g/mol. The molecule has 4 nitrogen and oxygen atoms in total. The average Bonchev–Trinajstić information content (AvgIpc) is 3.28. The van der Waals surface area contributed by atoms with Gasteiger partial charge in [-0.2, -0.15) is 5.26 Å². The van der Waals surface area contributed by atoms with Crippen molar-refractivity contribution in [3.05, 3.63) is 112 Å². The van der Waals surface area contributed by atoms with Gasteiger partial charge in [0.2, 0.25) is 0 Å². The highest BCUT2D eigenvalue weighted by molar-refractivity contribution is 5.86. The molecule has 2 heterocycles. The number of hydrogen-bond acceptors (Lipinski definition) is 3. The van der Waals surface area contributed by atoms with E-state index in [0.717, 1.165) is 60.4 Å². The van der Waals surface area contributed by atoms with Crippen molar-refractivity contribution in [1.29, 1.82) is 5.26 Å². The van der Waals surface area contributed by atoms with E-state index in [1.54, 1.807) is 0 Å². The first-order valence-corrected chi connectivity index (χ1v) is 12.8. The summed E-state index contributed by atoms with van der Waals surface area (Å²) in [6.45, 7) is 8.17. The van der Waals surface area contributed by atoms with Crippen LogP contribution in [0.1, 0.15) is 53.1 Å². The van der Waals surface area contributed by atoms with Gasteiger partial charge in [0.25, 0.3) is 0 Å². The average molecular weight is 473 g/mol. The predicted molar refractivity (Wildman–Crippen MR) is 149 cm³/mol. The van der Waals surface area contributed by atoms with Crippen molar-refractivity contribution in [2.45, 2.75) is 46.6 Å². The topological polar surface area (TPSA) is 44.3 Å². The molecular formula is C32H32N4. The lowest BCUT2D eigenvalue weighted by Gasteiger charge is -2.30. The first-order valence-electron chi connectivity index (χ1n) is 12.8. The number of unbranched alkanes of at least 4 members (excludes halogenated alkanes) is 1. The second-order valence-corrected chi connectivity index (χ2v) is 9.60. The van der Waals surface area contributed by atoms with E-state index >= 15 is 0 Å². The van der Waals surface area contributed by atoms with Crippen LogP contribution >= 0.6 is 0 Å². The number of fused-ring (bicyclic) bond motifs is 3. The molecule has 3 aromatic carbocycles. The SMILES string of the molecule is CCCCN(Cc1ccccc1)c1c(Cc2ccc(C)cc2)c(C)c(C#N)c2nc3ccccc3n12. The molecule has 5 aromatic rings. The van der Waals surface area contributed by atoms with Crippen molar-refractivity contribution in [1.82, 2.24) is 9.38 Å². The third kappa shape index (κ3) is 4.45. The Labute approximate surface area is 213 Å². The summed E-state index contributed by atoms with van der Waals surface area (Å²) in [5, 5.41) is 10.3. The number of anilines is 1. The van der Waals surface area contributed by atoms with E-state index in [0.29, 0.717) is 5.56 Å². The van der Waals surface area contributed by atoms with Gasteiger partial charge in [0.15, 0.2) is 5.65 Å². The molecule has 0 atom stereocenters. The van der Waals surface area contributed by atoms with E-state index in [1.165, 1.54) is 22.3 Å². The number of hydrogen-bond donors (Lipinski definition) is 0. The lowest BCUT2D eigenvalue weighted by molar-refractivity contribution is 0.700. The third-order valence-corrected chi connectivity index (χ3v) is 7.00. The Balaban J connectivity index is 1.82. The van der Waals surface area contributed by atoms with Crippen LogP contribution in [-0.4, -0.2) is 15.9 Å². The number of benzene rings is 3. The van der Waals surface area contributed by atoms with Crippen LogP contribution in [0.3, 0.4) is 0 Å². The summed E-state index contributed by atoms with van der Waals surface area (Å²) in [5.41, 5.74) is 9.33. The van der Waals surface area contributed by atoms with Gasteiger partial charge in [-0.25, -0.2) is 4.98 Å². The molecule has 0 saturated carbocycles. The molecule has 4 heteroatoms. The molecule has 0 aliphatic carbocycles. The molecule has 36 heavy (non-hydrogen) atoms. The van der Waals surface area contributed by atoms with Crippen molar-refractivity contribution in [2.75, 3.05) is 11.4 Å². The van der Waals surface area contributed by atoms with Crippen molar-refractivity contribution in [2.24, 2.45) is 0 Å². The van der Waals surface area contributed by atoms with Gasteiger partial charge < -0.3 is 4.90 Å². The summed E-state index contributed by atoms with van der Waals surface area (Å²) in [7, 11) is 0. The molecule has 0 aliphatic rings. The van der Waals surface area contributed by atoms with Crippen LogP contribution in [0.4, 0.5) is 5.82 Å². The standard InChI is InChI=1S/C32H32N4/c1-4-5-19-35(22-26-11-7-6-8-12-26)32-27(20-25-17-15-23(2)16-18-25)24(3)28(21-33)31-34-29-13-9-10-14-30(29)36(31)32/h6-18H,4-5,19-20,22H2,1-3H3. The van der Waals surface area contributed by atoms with Gasteiger partial charge in [-0.15, -0.1) is 0 Å². The highest BCUT2D eigenvalue weighted by Crippen LogP contribution is 2.35. The molecule has 180 valence electrons. The highest BCUT2D eigenvalue weighted by Gasteiger charge is 2.24. The molecule has 0 amide bonds. The molecule has 0 fully saturated rings. The zero-order valence-corrected chi connectivity index (χ0v) is 21.3. The third-order valence-electron chi connectivity index (χ3n) is 7.00. The van der Waals surface area contributed by atoms with Crippen LogP contribution in [-0.2, 0) is 13.0 Å². The van der Waals surface area contributed by atoms with E-state index in [-0.39, 0.29) is 0 Å². The fourth-order valence-corrected chi connectivity index (χ4v) is 5.03. The van der Waals surface area contributed by atoms with Crippen LogP contribution in [0.5, 0.6) is 0 Å². The largest absolute Gasteiger partial charge is 0.353 e.